The number of aryl methyl sites for hydroxylation is 2. The highest BCUT2D eigenvalue weighted by Crippen LogP contribution is 2.40. The first-order valence-electron chi connectivity index (χ1n) is 20.3. The maximum Gasteiger partial charge on any atom is 0.252 e. The van der Waals surface area contributed by atoms with Gasteiger partial charge in [-0.2, -0.15) is 15.2 Å². The first kappa shape index (κ1) is 41.8. The molecule has 1 aliphatic rings. The second kappa shape index (κ2) is 17.3. The molecule has 16 heteroatoms. The zero-order valence-electron chi connectivity index (χ0n) is 34.5. The van der Waals surface area contributed by atoms with Crippen LogP contribution in [0.1, 0.15) is 51.7 Å². The number of amides is 2. The summed E-state index contributed by atoms with van der Waals surface area (Å²) >= 11 is 13.4. The first-order valence-corrected chi connectivity index (χ1v) is 21.0. The molecule has 64 heavy (non-hydrogen) atoms. The molecule has 0 saturated heterocycles. The Morgan fingerprint density at radius 2 is 1.20 bits per heavy atom. The van der Waals surface area contributed by atoms with E-state index in [0.29, 0.717) is 76.2 Å². The van der Waals surface area contributed by atoms with Crippen LogP contribution in [0.2, 0.25) is 10.0 Å². The monoisotopic (exact) mass is 888 g/mol. The Kier molecular flexibility index (Phi) is 11.3. The van der Waals surface area contributed by atoms with Gasteiger partial charge in [0.25, 0.3) is 5.91 Å². The van der Waals surface area contributed by atoms with E-state index in [1.165, 1.54) is 0 Å². The number of carbonyl (C=O) groups excluding carboxylic acids is 2. The molecule has 9 aromatic rings. The maximum absolute atomic E-state index is 13.0. The molecule has 0 unspecified atom stereocenters. The highest BCUT2D eigenvalue weighted by Gasteiger charge is 2.51. The minimum absolute atomic E-state index is 0.225. The molecule has 14 nitrogen and oxygen atoms in total. The summed E-state index contributed by atoms with van der Waals surface area (Å²) in [6, 6.07) is 39.9. The second-order valence-corrected chi connectivity index (χ2v) is 16.0. The highest BCUT2D eigenvalue weighted by molar-refractivity contribution is 6.39. The molecule has 4 aromatic heterocycles. The lowest BCUT2D eigenvalue weighted by Crippen LogP contribution is -2.48. The van der Waals surface area contributed by atoms with Gasteiger partial charge in [-0.15, -0.1) is 0 Å². The number of aromatic nitrogens is 6. The average molecular weight is 890 g/mol. The van der Waals surface area contributed by atoms with Gasteiger partial charge < -0.3 is 34.5 Å². The molecule has 1 saturated carbocycles. The molecule has 0 bridgehead atoms. The van der Waals surface area contributed by atoms with Crippen LogP contribution in [0, 0.1) is 25.2 Å². The molecule has 0 atom stereocenters. The summed E-state index contributed by atoms with van der Waals surface area (Å²) in [5.41, 5.74) is 12.7. The van der Waals surface area contributed by atoms with E-state index in [1.54, 1.807) is 38.1 Å². The van der Waals surface area contributed by atoms with E-state index in [2.05, 4.69) is 30.9 Å². The molecule has 0 aliphatic heterocycles. The Morgan fingerprint density at radius 3 is 1.64 bits per heavy atom. The van der Waals surface area contributed by atoms with Gasteiger partial charge >= 0.3 is 0 Å². The Balaban J connectivity index is 0.000000184. The number of carbonyl (C=O) groups is 2. The third-order valence-corrected chi connectivity index (χ3v) is 11.8. The molecular formula is C48H38Cl2N10O4. The van der Waals surface area contributed by atoms with Crippen LogP contribution in [0.15, 0.2) is 130 Å². The lowest BCUT2D eigenvalue weighted by atomic mass is 10.1. The van der Waals surface area contributed by atoms with E-state index in [1.807, 2.05) is 112 Å². The number of halogens is 2. The van der Waals surface area contributed by atoms with Crippen molar-refractivity contribution in [1.82, 2.24) is 40.0 Å². The maximum atomic E-state index is 13.0. The zero-order valence-corrected chi connectivity index (χ0v) is 36.0. The van der Waals surface area contributed by atoms with Crippen molar-refractivity contribution in [3.8, 4) is 40.5 Å². The van der Waals surface area contributed by atoms with E-state index in [-0.39, 0.29) is 11.8 Å². The Morgan fingerprint density at radius 1 is 0.719 bits per heavy atom. The third kappa shape index (κ3) is 7.99. The van der Waals surface area contributed by atoms with Crippen molar-refractivity contribution in [2.45, 2.75) is 45.3 Å². The molecule has 0 radical (unpaired) electrons. The van der Waals surface area contributed by atoms with Crippen molar-refractivity contribution in [1.29, 1.82) is 5.26 Å². The van der Waals surface area contributed by atoms with Crippen LogP contribution < -0.4 is 16.4 Å². The predicted octanol–water partition coefficient (Wildman–Crippen LogP) is 9.19. The van der Waals surface area contributed by atoms with Crippen LogP contribution in [-0.2, 0) is 17.9 Å². The van der Waals surface area contributed by atoms with Gasteiger partial charge in [-0.05, 0) is 84.6 Å². The van der Waals surface area contributed by atoms with Crippen molar-refractivity contribution >= 4 is 56.8 Å². The normalized spacial score (nSPS) is 12.7. The summed E-state index contributed by atoms with van der Waals surface area (Å²) in [5.74, 6) is 1.24. The molecule has 5 aromatic carbocycles. The lowest BCUT2D eigenvalue weighted by Gasteiger charge is -2.17. The lowest BCUT2D eigenvalue weighted by molar-refractivity contribution is -0.124. The van der Waals surface area contributed by atoms with Crippen LogP contribution in [0.4, 0.5) is 0 Å². The topological polar surface area (TPSA) is 196 Å². The third-order valence-electron chi connectivity index (χ3n) is 11.0. The van der Waals surface area contributed by atoms with Gasteiger partial charge in [0.1, 0.15) is 16.9 Å². The number of fused-ring (bicyclic) bond motifs is 2. The number of hydrogen-bond donors (Lipinski definition) is 3. The van der Waals surface area contributed by atoms with Gasteiger partial charge in [0.2, 0.25) is 29.3 Å². The quantitative estimate of drug-likeness (QED) is 0.119. The fourth-order valence-corrected chi connectivity index (χ4v) is 8.20. The summed E-state index contributed by atoms with van der Waals surface area (Å²) in [5, 5.41) is 25.9. The summed E-state index contributed by atoms with van der Waals surface area (Å²) in [4.78, 5) is 34.4. The molecule has 1 fully saturated rings. The van der Waals surface area contributed by atoms with E-state index >= 15 is 0 Å². The predicted molar refractivity (Wildman–Crippen MR) is 243 cm³/mol. The first-order chi connectivity index (χ1) is 31.1. The van der Waals surface area contributed by atoms with E-state index in [0.717, 1.165) is 50.0 Å². The Hall–Kier alpha value is -7.57. The number of para-hydroxylation sites is 2. The summed E-state index contributed by atoms with van der Waals surface area (Å²) < 4.78 is 14.4. The fourth-order valence-electron chi connectivity index (χ4n) is 7.54. The van der Waals surface area contributed by atoms with Crippen molar-refractivity contribution < 1.29 is 18.6 Å². The highest BCUT2D eigenvalue weighted by atomic mass is 35.5. The zero-order chi connectivity index (χ0) is 44.5. The number of benzene rings is 5. The molecule has 0 spiro atoms. The number of nitrogens with two attached hydrogens (primary N) is 1. The fraction of sp³-hybridized carbons (Fsp3) is 0.146. The Labute approximate surface area is 376 Å². The minimum atomic E-state index is -0.913. The van der Waals surface area contributed by atoms with Crippen LogP contribution in [-0.4, -0.2) is 46.8 Å². The van der Waals surface area contributed by atoms with Crippen LogP contribution >= 0.6 is 23.2 Å². The summed E-state index contributed by atoms with van der Waals surface area (Å²) in [7, 11) is 0. The standard InChI is InChI=1S/C30H23ClN6O3.C18H15ClN4O/c1-18-34-27(36-40-18)26-25(31)23-4-2-3-5-24(23)37(26)22-12-8-20(9-13-22)17-33-29(39)30(14-15-30)35-28(38)21-10-6-19(16-32)7-11-21;1-11-21-18(22-24-11)17-16(19)14-4-2-3-5-15(14)23(17)13-8-6-12(10-20)7-9-13/h2-13H,14-15,17H2,1H3,(H,33,39)(H,35,38);2-9H,10,20H2,1H3. The molecular weight excluding hydrogens is 851 g/mol. The van der Waals surface area contributed by atoms with Crippen molar-refractivity contribution in [3.63, 3.8) is 0 Å². The van der Waals surface area contributed by atoms with Gasteiger partial charge in [-0.25, -0.2) is 0 Å². The van der Waals surface area contributed by atoms with Crippen LogP contribution in [0.3, 0.4) is 0 Å². The SMILES string of the molecule is Cc1nc(-c2c(Cl)c3ccccc3n2-c2ccc(CN)cc2)no1.Cc1nc(-c2c(Cl)c3ccccc3n2-c2ccc(CNC(=O)C3(NC(=O)c4ccc(C#N)cc4)CC3)cc2)no1. The number of hydrogen-bond acceptors (Lipinski definition) is 10. The molecule has 1 aliphatic carbocycles. The van der Waals surface area contributed by atoms with Crippen LogP contribution in [0.25, 0.3) is 56.2 Å². The Bertz CT molecular complexity index is 3230. The minimum Gasteiger partial charge on any atom is -0.350 e. The van der Waals surface area contributed by atoms with Crippen molar-refractivity contribution in [2.75, 3.05) is 0 Å². The van der Waals surface area contributed by atoms with Crippen LogP contribution in [0.5, 0.6) is 0 Å². The molecule has 10 rings (SSSR count). The summed E-state index contributed by atoms with van der Waals surface area (Å²) in [6.07, 6.45) is 1.14. The van der Waals surface area contributed by atoms with Crippen molar-refractivity contribution in [3.05, 3.63) is 165 Å². The van der Waals surface area contributed by atoms with Gasteiger partial charge in [0, 0.05) is 54.6 Å². The molecule has 4 heterocycles. The molecule has 318 valence electrons. The van der Waals surface area contributed by atoms with Crippen molar-refractivity contribution in [2.24, 2.45) is 5.73 Å². The summed E-state index contributed by atoms with van der Waals surface area (Å²) in [6.45, 7) is 4.29. The number of nitrogens with one attached hydrogen (secondary N) is 2. The van der Waals surface area contributed by atoms with E-state index in [9.17, 15) is 9.59 Å². The van der Waals surface area contributed by atoms with E-state index < -0.39 is 5.54 Å². The van der Waals surface area contributed by atoms with E-state index in [4.69, 9.17) is 43.2 Å². The number of nitriles is 1. The second-order valence-electron chi connectivity index (χ2n) is 15.2. The average Bonchev–Trinajstić information content (AvgIpc) is 3.53. The number of nitrogens with zero attached hydrogens (tertiary/aromatic N) is 7. The van der Waals surface area contributed by atoms with Gasteiger partial charge in [0.15, 0.2) is 0 Å². The molecule has 2 amide bonds. The van der Waals surface area contributed by atoms with Gasteiger partial charge in [0.05, 0.1) is 32.7 Å². The van der Waals surface area contributed by atoms with Gasteiger partial charge in [-0.1, -0.05) is 94.2 Å². The molecule has 4 N–H and O–H groups in total. The smallest absolute Gasteiger partial charge is 0.252 e. The largest absolute Gasteiger partial charge is 0.350 e. The number of rotatable bonds is 10. The van der Waals surface area contributed by atoms with Gasteiger partial charge in [-0.3, -0.25) is 9.59 Å².